The fourth-order valence-electron chi connectivity index (χ4n) is 1.26. The summed E-state index contributed by atoms with van der Waals surface area (Å²) in [6, 6.07) is 14.7. The van der Waals surface area contributed by atoms with Crippen LogP contribution in [0.25, 0.3) is 0 Å². The van der Waals surface area contributed by atoms with Crippen molar-refractivity contribution < 1.29 is 25.5 Å². The molecule has 2 rings (SSSR count). The summed E-state index contributed by atoms with van der Waals surface area (Å²) >= 11 is 9.83. The number of benzene rings is 2. The van der Waals surface area contributed by atoms with Gasteiger partial charge in [0.25, 0.3) is 0 Å². The number of hydrogen-bond acceptors (Lipinski definition) is 1. The first-order valence-electron chi connectivity index (χ1n) is 5.05. The van der Waals surface area contributed by atoms with Gasteiger partial charge in [-0.3, -0.25) is 0 Å². The van der Waals surface area contributed by atoms with E-state index in [0.717, 1.165) is 5.56 Å². The summed E-state index contributed by atoms with van der Waals surface area (Å²) in [6.45, 7) is 0.311. The van der Waals surface area contributed by atoms with Crippen molar-refractivity contribution in [2.24, 2.45) is 0 Å². The Morgan fingerprint density at radius 2 is 2.11 bits per heavy atom. The molecule has 0 radical (unpaired) electrons. The summed E-state index contributed by atoms with van der Waals surface area (Å²) < 4.78 is 18.6. The quantitative estimate of drug-likeness (QED) is 0.554. The van der Waals surface area contributed by atoms with Crippen LogP contribution in [0.5, 0.6) is 5.75 Å². The van der Waals surface area contributed by atoms with E-state index in [-0.39, 0.29) is 5.02 Å². The van der Waals surface area contributed by atoms with Crippen molar-refractivity contribution >= 4 is 25.2 Å². The van der Waals surface area contributed by atoms with Gasteiger partial charge in [0, 0.05) is 5.75 Å². The van der Waals surface area contributed by atoms with Crippen molar-refractivity contribution in [1.82, 2.24) is 0 Å². The molecule has 0 atom stereocenters. The van der Waals surface area contributed by atoms with Gasteiger partial charge in [-0.2, -0.15) is 18.2 Å². The first-order chi connectivity index (χ1) is 8.75. The van der Waals surface area contributed by atoms with Crippen LogP contribution >= 0.6 is 25.2 Å². The van der Waals surface area contributed by atoms with Gasteiger partial charge in [-0.05, 0) is 17.7 Å². The summed E-state index contributed by atoms with van der Waals surface area (Å²) in [4.78, 5) is 0. The van der Waals surface area contributed by atoms with E-state index in [1.807, 2.05) is 12.1 Å². The van der Waals surface area contributed by atoms with Crippen LogP contribution in [0.2, 0.25) is 5.02 Å². The van der Waals surface area contributed by atoms with Crippen LogP contribution in [0.4, 0.5) is 4.39 Å². The molecule has 0 aliphatic heterocycles. The molecule has 0 fully saturated rings. The Labute approximate surface area is 127 Å². The molecule has 2 aromatic carbocycles. The summed E-state index contributed by atoms with van der Waals surface area (Å²) in [5.74, 6) is 0.278. The topological polar surface area (TPSA) is 9.23 Å². The maximum absolute atomic E-state index is 13.1. The van der Waals surface area contributed by atoms with E-state index in [1.165, 1.54) is 28.5 Å². The molecule has 0 unspecified atom stereocenters. The number of hydrogen-bond donors (Lipinski definition) is 0. The van der Waals surface area contributed by atoms with E-state index in [1.54, 1.807) is 18.2 Å². The maximum atomic E-state index is 13.1. The Hall–Kier alpha value is -0.437. The zero-order valence-electron chi connectivity index (χ0n) is 9.50. The van der Waals surface area contributed by atoms with Gasteiger partial charge in [0.1, 0.15) is 5.82 Å². The molecule has 0 aromatic heterocycles. The molecule has 90 valence electrons. The van der Waals surface area contributed by atoms with Crippen LogP contribution in [0, 0.1) is 11.9 Å². The van der Waals surface area contributed by atoms with E-state index in [2.05, 4.69) is 19.7 Å². The molecular formula is C13H9BrClFOZn. The fourth-order valence-corrected chi connectivity index (χ4v) is 1.38. The van der Waals surface area contributed by atoms with E-state index in [4.69, 9.17) is 16.3 Å². The van der Waals surface area contributed by atoms with Gasteiger partial charge in [-0.15, -0.1) is 12.1 Å². The van der Waals surface area contributed by atoms with Gasteiger partial charge < -0.3 is 4.74 Å². The van der Waals surface area contributed by atoms with Crippen LogP contribution in [-0.2, 0) is 22.9 Å². The summed E-state index contributed by atoms with van der Waals surface area (Å²) in [5.41, 5.74) is 0.741. The van der Waals surface area contributed by atoms with Crippen LogP contribution in [0.1, 0.15) is 5.56 Å². The summed E-state index contributed by atoms with van der Waals surface area (Å²) in [6.07, 6.45) is 0. The number of halogens is 3. The van der Waals surface area contributed by atoms with E-state index in [0.29, 0.717) is 12.4 Å². The van der Waals surface area contributed by atoms with Gasteiger partial charge >= 0.3 is 30.0 Å². The standard InChI is InChI=1S/C13H9ClFO.BrH.Zn/c14-12-7-6-10(8-13(12)15)9-16-11-4-2-1-3-5-11;;/h1-2,4-8H,9H2;1H;/q-1;;+2/p-1. The minimum atomic E-state index is -0.428. The molecule has 0 amide bonds. The monoisotopic (exact) mass is 378 g/mol. The average Bonchev–Trinajstić information content (AvgIpc) is 2.44. The second-order valence-corrected chi connectivity index (χ2v) is 3.68. The Morgan fingerprint density at radius 3 is 2.72 bits per heavy atom. The Balaban J connectivity index is 0.000000771. The molecule has 0 saturated carbocycles. The Bertz CT molecular complexity index is 482. The first-order valence-corrected chi connectivity index (χ1v) is 12.4. The average molecular weight is 381 g/mol. The third kappa shape index (κ3) is 5.05. The molecule has 0 bridgehead atoms. The second kappa shape index (κ2) is 8.63. The van der Waals surface area contributed by atoms with Crippen LogP contribution < -0.4 is 4.74 Å². The normalized spacial score (nSPS) is 9.39. The van der Waals surface area contributed by atoms with Gasteiger partial charge in [0.2, 0.25) is 0 Å². The minimum absolute atomic E-state index is 0.122. The van der Waals surface area contributed by atoms with Crippen molar-refractivity contribution in [3.63, 3.8) is 0 Å². The van der Waals surface area contributed by atoms with Crippen LogP contribution in [0.3, 0.4) is 0 Å². The van der Waals surface area contributed by atoms with Crippen molar-refractivity contribution in [3.8, 4) is 5.75 Å². The van der Waals surface area contributed by atoms with Gasteiger partial charge in [-0.1, -0.05) is 17.7 Å². The number of rotatable bonds is 3. The zero-order chi connectivity index (χ0) is 13.4. The summed E-state index contributed by atoms with van der Waals surface area (Å²) in [5, 5.41) is 0.122. The molecule has 0 aliphatic carbocycles. The van der Waals surface area contributed by atoms with Crippen molar-refractivity contribution in [1.29, 1.82) is 0 Å². The molecule has 0 aliphatic rings. The van der Waals surface area contributed by atoms with Crippen molar-refractivity contribution in [2.45, 2.75) is 6.61 Å². The molecule has 5 heteroatoms. The van der Waals surface area contributed by atoms with Crippen molar-refractivity contribution in [2.75, 3.05) is 0 Å². The van der Waals surface area contributed by atoms with Crippen molar-refractivity contribution in [3.05, 3.63) is 64.9 Å². The van der Waals surface area contributed by atoms with E-state index < -0.39 is 5.82 Å². The summed E-state index contributed by atoms with van der Waals surface area (Å²) in [7, 11) is 0. The second-order valence-electron chi connectivity index (χ2n) is 3.28. The van der Waals surface area contributed by atoms with Gasteiger partial charge in [0.05, 0.1) is 11.6 Å². The van der Waals surface area contributed by atoms with Gasteiger partial charge in [-0.25, -0.2) is 4.39 Å². The molecular weight excluding hydrogens is 372 g/mol. The first kappa shape index (κ1) is 15.6. The molecule has 0 saturated heterocycles. The Morgan fingerprint density at radius 1 is 1.33 bits per heavy atom. The molecule has 1 nitrogen and oxygen atoms in total. The predicted molar refractivity (Wildman–Crippen MR) is 69.9 cm³/mol. The molecule has 2 aromatic rings. The third-order valence-corrected chi connectivity index (χ3v) is 2.37. The number of ether oxygens (including phenoxy) is 1. The predicted octanol–water partition coefficient (Wildman–Crippen LogP) is 4.70. The molecule has 0 spiro atoms. The van der Waals surface area contributed by atoms with E-state index >= 15 is 0 Å². The SMILES string of the molecule is Fc1cc(COc2c[c-]ccc2)ccc1Cl.[Zn+][Br]. The third-order valence-electron chi connectivity index (χ3n) is 2.07. The fraction of sp³-hybridized carbons (Fsp3) is 0.0769. The molecule has 0 heterocycles. The Kier molecular flexibility index (Phi) is 7.49. The van der Waals surface area contributed by atoms with Crippen LogP contribution in [0.15, 0.2) is 42.5 Å². The molecule has 0 N–H and O–H groups in total. The van der Waals surface area contributed by atoms with Crippen LogP contribution in [-0.4, -0.2) is 0 Å². The van der Waals surface area contributed by atoms with E-state index in [9.17, 15) is 4.39 Å². The zero-order valence-corrected chi connectivity index (χ0v) is 14.8. The van der Waals surface area contributed by atoms with Gasteiger partial charge in [0.15, 0.2) is 0 Å². The molecule has 18 heavy (non-hydrogen) atoms.